The number of rotatable bonds is 15. The van der Waals surface area contributed by atoms with Crippen LogP contribution in [0.4, 0.5) is 17.3 Å². The first-order chi connectivity index (χ1) is 34.5. The molecule has 1 fully saturated rings. The average Bonchev–Trinajstić information content (AvgIpc) is 3.98. The number of phosphoric acid groups is 2. The number of hydrogen-bond donors (Lipinski definition) is 10. The van der Waals surface area contributed by atoms with E-state index in [1.54, 1.807) is 12.1 Å². The van der Waals surface area contributed by atoms with Crippen molar-refractivity contribution in [3.63, 3.8) is 0 Å². The summed E-state index contributed by atoms with van der Waals surface area (Å²) in [6, 6.07) is 10.5. The summed E-state index contributed by atoms with van der Waals surface area (Å²) < 4.78 is 101. The third kappa shape index (κ3) is 9.48. The number of anilines is 2. The number of carbonyl (C=O) groups excluding carboxylic acids is 1. The van der Waals surface area contributed by atoms with Crippen LogP contribution in [0.5, 0.6) is 0 Å². The number of aromatic amines is 1. The minimum atomic E-state index is -5.86. The van der Waals surface area contributed by atoms with E-state index >= 15 is 0 Å². The van der Waals surface area contributed by atoms with E-state index in [0.29, 0.717) is 18.7 Å². The second-order valence-electron chi connectivity index (χ2n) is 19.7. The normalized spacial score (nSPS) is 27.0. The van der Waals surface area contributed by atoms with Crippen molar-refractivity contribution in [1.82, 2.24) is 29.9 Å². The Morgan fingerprint density at radius 2 is 1.73 bits per heavy atom. The highest BCUT2D eigenvalue weighted by Crippen LogP contribution is 2.66. The lowest BCUT2D eigenvalue weighted by atomic mass is 9.74. The number of carbonyl (C=O) groups is 1. The first-order valence-corrected chi connectivity index (χ1v) is 29.2. The van der Waals surface area contributed by atoms with Gasteiger partial charge in [0, 0.05) is 65.6 Å². The van der Waals surface area contributed by atoms with Crippen molar-refractivity contribution in [3.8, 4) is 0 Å². The smallest absolute Gasteiger partial charge is 0.387 e. The standard InChI is InChI=1S/C43H52N9O18P3S/c1-42(2)25-15-21(5-7-27(25)50-13-9-29-23(36(42)50)18-24-30(67-29)10-14-51-28-8-6-22(74(63,64)65)17-26(28)43(3,4)37(24)51)16-32(53)45-11-12-47-71(57,58)69-73(61,62)70-72(59,60)66-19-31-34(54)35(55)40(68-31)52-20-46-33-38(52)48-41(44)49-39(33)56/h5-8,15,17-18,20,29-31,34-35,40,54-55H,9-14,16,19H2,1-4H3,(H8-,44,45,47,48,49,53,56,57,58,59,60,61,62,63,64,65)/p+1. The molecule has 4 aromatic rings. The molecule has 1 saturated heterocycles. The molecule has 74 heavy (non-hydrogen) atoms. The molecule has 1 amide bonds. The Morgan fingerprint density at radius 3 is 2.47 bits per heavy atom. The predicted molar refractivity (Wildman–Crippen MR) is 260 cm³/mol. The molecule has 2 aromatic heterocycles. The monoisotopic (exact) mass is 1110 g/mol. The summed E-state index contributed by atoms with van der Waals surface area (Å²) in [7, 11) is -21.2. The largest absolute Gasteiger partial charge is 0.489 e. The molecule has 0 spiro atoms. The number of nitrogens with two attached hydrogens (primary N) is 1. The predicted octanol–water partition coefficient (Wildman–Crippen LogP) is 1.80. The number of aliphatic hydroxyl groups is 2. The van der Waals surface area contributed by atoms with Gasteiger partial charge in [-0.25, -0.2) is 23.8 Å². The number of phosphoric ester groups is 1. The second kappa shape index (κ2) is 18.4. The highest BCUT2D eigenvalue weighted by Gasteiger charge is 2.55. The van der Waals surface area contributed by atoms with Gasteiger partial charge in [0.2, 0.25) is 17.5 Å². The molecule has 0 aliphatic carbocycles. The van der Waals surface area contributed by atoms with Crippen molar-refractivity contribution in [2.75, 3.05) is 43.4 Å². The quantitative estimate of drug-likeness (QED) is 0.0351. The Balaban J connectivity index is 0.737. The van der Waals surface area contributed by atoms with E-state index in [1.807, 2.05) is 37.1 Å². The van der Waals surface area contributed by atoms with Crippen molar-refractivity contribution in [1.29, 1.82) is 0 Å². The van der Waals surface area contributed by atoms with Gasteiger partial charge < -0.3 is 50.3 Å². The Bertz CT molecular complexity index is 3470. The van der Waals surface area contributed by atoms with Crippen LogP contribution in [0.25, 0.3) is 11.2 Å². The van der Waals surface area contributed by atoms with Crippen molar-refractivity contribution in [3.05, 3.63) is 92.7 Å². The van der Waals surface area contributed by atoms with Gasteiger partial charge in [-0.1, -0.05) is 26.0 Å². The lowest BCUT2D eigenvalue weighted by Crippen LogP contribution is -2.47. The number of hydrogen-bond acceptors (Lipinski definition) is 18. The van der Waals surface area contributed by atoms with Crippen LogP contribution in [-0.4, -0.2) is 137 Å². The van der Waals surface area contributed by atoms with Crippen molar-refractivity contribution < 1.29 is 83.5 Å². The van der Waals surface area contributed by atoms with E-state index in [4.69, 9.17) is 15.2 Å². The van der Waals surface area contributed by atoms with Crippen LogP contribution in [0.3, 0.4) is 0 Å². The van der Waals surface area contributed by atoms with E-state index < -0.39 is 93.5 Å². The van der Waals surface area contributed by atoms with Gasteiger partial charge in [0.05, 0.1) is 41.9 Å². The van der Waals surface area contributed by atoms with Gasteiger partial charge in [-0.15, -0.1) is 0 Å². The number of allylic oxidation sites excluding steroid dienone is 1. The van der Waals surface area contributed by atoms with Crippen LogP contribution >= 0.6 is 23.4 Å². The molecule has 10 rings (SSSR count). The summed E-state index contributed by atoms with van der Waals surface area (Å²) in [6.45, 7) is 7.91. The molecule has 2 aromatic carbocycles. The van der Waals surface area contributed by atoms with Gasteiger partial charge in [0.1, 0.15) is 18.3 Å². The molecule has 9 unspecified atom stereocenters. The highest BCUT2D eigenvalue weighted by atomic mass is 32.2. The molecule has 11 N–H and O–H groups in total. The topological polar surface area (TPSA) is 390 Å². The fourth-order valence-corrected chi connectivity index (χ4v) is 15.2. The van der Waals surface area contributed by atoms with E-state index in [1.165, 1.54) is 6.07 Å². The number of imidazole rings is 1. The van der Waals surface area contributed by atoms with Crippen LogP contribution in [0, 0.1) is 0 Å². The van der Waals surface area contributed by atoms with Crippen LogP contribution < -0.4 is 26.6 Å². The maximum Gasteiger partial charge on any atom is 0.489 e. The Labute approximate surface area is 421 Å². The van der Waals surface area contributed by atoms with Gasteiger partial charge >= 0.3 is 23.4 Å². The van der Waals surface area contributed by atoms with Crippen molar-refractivity contribution >= 4 is 73.6 Å². The number of fused-ring (bicyclic) bond motifs is 9. The van der Waals surface area contributed by atoms with Gasteiger partial charge in [-0.05, 0) is 55.7 Å². The maximum atomic E-state index is 13.2. The highest BCUT2D eigenvalue weighted by molar-refractivity contribution is 7.85. The van der Waals surface area contributed by atoms with Gasteiger partial charge in [-0.2, -0.15) is 26.6 Å². The zero-order valence-electron chi connectivity index (χ0n) is 39.9. The number of nitrogens with zero attached hydrogens (tertiary/aromatic N) is 5. The van der Waals surface area contributed by atoms with E-state index in [9.17, 15) is 61.1 Å². The third-order valence-electron chi connectivity index (χ3n) is 14.1. The molecule has 9 atom stereocenters. The number of aliphatic hydroxyl groups excluding tert-OH is 2. The Kier molecular flexibility index (Phi) is 13.1. The number of benzene rings is 2. The molecule has 6 aliphatic rings. The van der Waals surface area contributed by atoms with E-state index in [2.05, 4.69) is 62.8 Å². The van der Waals surface area contributed by atoms with Gasteiger partial charge in [0.25, 0.3) is 15.7 Å². The molecular weight excluding hydrogens is 1060 g/mol. The van der Waals surface area contributed by atoms with Crippen LogP contribution in [-0.2, 0) is 68.5 Å². The lowest BCUT2D eigenvalue weighted by Gasteiger charge is -2.42. The first kappa shape index (κ1) is 52.6. The molecule has 31 heteroatoms. The summed E-state index contributed by atoms with van der Waals surface area (Å²) in [6.07, 6.45) is -2.21. The van der Waals surface area contributed by atoms with Gasteiger partial charge in [-0.3, -0.25) is 28.2 Å². The molecule has 0 radical (unpaired) electrons. The molecule has 27 nitrogen and oxygen atoms in total. The molecule has 6 aliphatic heterocycles. The Hall–Kier alpha value is -4.83. The number of aromatic nitrogens is 4. The van der Waals surface area contributed by atoms with Gasteiger partial charge in [0.15, 0.2) is 29.6 Å². The lowest BCUT2D eigenvalue weighted by molar-refractivity contribution is -0.445. The number of ether oxygens (including phenoxy) is 2. The van der Waals surface area contributed by atoms with Crippen LogP contribution in [0.1, 0.15) is 63.5 Å². The summed E-state index contributed by atoms with van der Waals surface area (Å²) in [5.41, 5.74) is 11.9. The number of amides is 1. The number of nitrogens with one attached hydrogen (secondary N) is 3. The average molecular weight is 1110 g/mol. The summed E-state index contributed by atoms with van der Waals surface area (Å²) in [4.78, 5) is 68.0. The minimum Gasteiger partial charge on any atom is -0.387 e. The van der Waals surface area contributed by atoms with Crippen molar-refractivity contribution in [2.24, 2.45) is 0 Å². The first-order valence-electron chi connectivity index (χ1n) is 23.2. The molecule has 0 bridgehead atoms. The summed E-state index contributed by atoms with van der Waals surface area (Å²) in [5, 5.41) is 25.7. The molecule has 398 valence electrons. The van der Waals surface area contributed by atoms with E-state index in [0.717, 1.165) is 68.8 Å². The van der Waals surface area contributed by atoms with Crippen LogP contribution in [0.15, 0.2) is 75.3 Å². The van der Waals surface area contributed by atoms with E-state index in [-0.39, 0.29) is 47.2 Å². The summed E-state index contributed by atoms with van der Waals surface area (Å²) >= 11 is 0. The molecule has 0 saturated carbocycles. The number of H-pyrrole nitrogens is 1. The molecular formula is C43H53N9O18P3S+. The zero-order chi connectivity index (χ0) is 53.2. The van der Waals surface area contributed by atoms with Crippen molar-refractivity contribution in [2.45, 2.75) is 99.4 Å². The van der Waals surface area contributed by atoms with Crippen LogP contribution in [0.2, 0.25) is 0 Å². The number of nitrogen functional groups attached to an aromatic ring is 1. The SMILES string of the molecule is CC1(C)C2=C3C=C4C5=[N+](CCC4OC3CCN2c2ccc(CC(=O)NCCNP(=O)(O)OP(=O)(O)OP(=O)(O)OCC3OC(n4cnc6c(=O)[nH]c(N)nc64)C(O)C3O)cc21)c1ccc(S(=O)(=O)O)cc1C5(C)C. The fourth-order valence-electron chi connectivity index (χ4n) is 11.0. The fraction of sp³-hybridized carbons (Fsp3) is 0.465. The minimum absolute atomic E-state index is 0.0783. The molecule has 8 heterocycles. The maximum absolute atomic E-state index is 13.2. The third-order valence-corrected chi connectivity index (χ3v) is 19.4. The Morgan fingerprint density at radius 1 is 0.973 bits per heavy atom. The zero-order valence-corrected chi connectivity index (χ0v) is 43.4. The summed E-state index contributed by atoms with van der Waals surface area (Å²) in [5.74, 6) is -0.755. The second-order valence-corrected chi connectivity index (χ2v) is 25.9.